The lowest BCUT2D eigenvalue weighted by molar-refractivity contribution is -0.118. The number of amides is 1. The van der Waals surface area contributed by atoms with Crippen LogP contribution < -0.4 is 11.0 Å². The van der Waals surface area contributed by atoms with Gasteiger partial charge in [-0.05, 0) is 37.5 Å². The number of nitrogens with zero attached hydrogens (tertiary/aromatic N) is 3. The summed E-state index contributed by atoms with van der Waals surface area (Å²) in [6.45, 7) is 6.54. The Morgan fingerprint density at radius 1 is 1.33 bits per heavy atom. The Bertz CT molecular complexity index is 700. The zero-order valence-electron chi connectivity index (χ0n) is 12.6. The molecular formula is C15H20N4O2. The standard InChI is InChI=1S/C15H20N4O2/c1-11-5-6-12(2)14(9-11)19-10-17-15(21)18(19)8-4-7-16-13(3)20/h5-6,9-10H,4,7-8H2,1-3H3,(H,16,20). The molecule has 2 aromatic rings. The molecule has 1 heterocycles. The smallest absolute Gasteiger partial charge is 0.356 e. The number of nitrogens with one attached hydrogen (secondary N) is 1. The van der Waals surface area contributed by atoms with E-state index in [-0.39, 0.29) is 11.6 Å². The van der Waals surface area contributed by atoms with Crippen molar-refractivity contribution in [1.82, 2.24) is 19.7 Å². The second-order valence-corrected chi connectivity index (χ2v) is 5.12. The average molecular weight is 288 g/mol. The minimum absolute atomic E-state index is 0.0645. The molecule has 0 unspecified atom stereocenters. The van der Waals surface area contributed by atoms with Crippen LogP contribution in [0, 0.1) is 13.8 Å². The van der Waals surface area contributed by atoms with E-state index in [1.165, 1.54) is 6.92 Å². The Morgan fingerprint density at radius 2 is 2.10 bits per heavy atom. The molecule has 0 radical (unpaired) electrons. The Kier molecular flexibility index (Phi) is 4.57. The quantitative estimate of drug-likeness (QED) is 0.840. The van der Waals surface area contributed by atoms with Crippen LogP contribution in [0.5, 0.6) is 0 Å². The van der Waals surface area contributed by atoms with E-state index in [9.17, 15) is 9.59 Å². The van der Waals surface area contributed by atoms with Gasteiger partial charge in [-0.2, -0.15) is 4.98 Å². The summed E-state index contributed by atoms with van der Waals surface area (Å²) in [4.78, 5) is 26.6. The van der Waals surface area contributed by atoms with Crippen molar-refractivity contribution < 1.29 is 4.79 Å². The second kappa shape index (κ2) is 6.39. The number of hydrogen-bond acceptors (Lipinski definition) is 3. The molecule has 21 heavy (non-hydrogen) atoms. The maximum absolute atomic E-state index is 11.9. The number of rotatable bonds is 5. The third kappa shape index (κ3) is 3.59. The van der Waals surface area contributed by atoms with Gasteiger partial charge in [-0.1, -0.05) is 12.1 Å². The van der Waals surface area contributed by atoms with Crippen LogP contribution in [0.2, 0.25) is 0 Å². The molecule has 0 aliphatic carbocycles. The van der Waals surface area contributed by atoms with Crippen molar-refractivity contribution in [2.75, 3.05) is 6.54 Å². The number of aryl methyl sites for hydroxylation is 2. The Labute approximate surface area is 123 Å². The lowest BCUT2D eigenvalue weighted by Gasteiger charge is -2.13. The SMILES string of the molecule is CC(=O)NCCCn1c(=O)ncn1-c1cc(C)ccc1C. The number of hydrogen-bond donors (Lipinski definition) is 1. The normalized spacial score (nSPS) is 10.6. The summed E-state index contributed by atoms with van der Waals surface area (Å²) in [5, 5.41) is 2.72. The van der Waals surface area contributed by atoms with Crippen molar-refractivity contribution in [2.24, 2.45) is 0 Å². The number of carbonyl (C=O) groups excluding carboxylic acids is 1. The molecule has 0 aliphatic rings. The van der Waals surface area contributed by atoms with Gasteiger partial charge in [0, 0.05) is 20.0 Å². The molecule has 1 aromatic carbocycles. The van der Waals surface area contributed by atoms with E-state index < -0.39 is 0 Å². The molecule has 0 bridgehead atoms. The van der Waals surface area contributed by atoms with Crippen LogP contribution in [0.1, 0.15) is 24.5 Å². The highest BCUT2D eigenvalue weighted by Crippen LogP contribution is 2.14. The van der Waals surface area contributed by atoms with Crippen LogP contribution in [-0.4, -0.2) is 26.8 Å². The van der Waals surface area contributed by atoms with Crippen molar-refractivity contribution in [3.8, 4) is 5.69 Å². The van der Waals surface area contributed by atoms with E-state index in [0.717, 1.165) is 16.8 Å². The predicted molar refractivity (Wildman–Crippen MR) is 80.6 cm³/mol. The molecule has 6 nitrogen and oxygen atoms in total. The van der Waals surface area contributed by atoms with E-state index in [1.807, 2.05) is 32.0 Å². The van der Waals surface area contributed by atoms with Gasteiger partial charge in [-0.15, -0.1) is 0 Å². The molecule has 0 atom stereocenters. The van der Waals surface area contributed by atoms with E-state index in [1.54, 1.807) is 15.7 Å². The fourth-order valence-corrected chi connectivity index (χ4v) is 2.18. The highest BCUT2D eigenvalue weighted by molar-refractivity contribution is 5.72. The van der Waals surface area contributed by atoms with Gasteiger partial charge in [-0.25, -0.2) is 14.2 Å². The first-order valence-electron chi connectivity index (χ1n) is 6.95. The van der Waals surface area contributed by atoms with E-state index >= 15 is 0 Å². The molecule has 0 fully saturated rings. The van der Waals surface area contributed by atoms with Crippen molar-refractivity contribution in [3.05, 3.63) is 46.1 Å². The molecule has 0 spiro atoms. The van der Waals surface area contributed by atoms with Crippen LogP contribution >= 0.6 is 0 Å². The topological polar surface area (TPSA) is 68.9 Å². The zero-order chi connectivity index (χ0) is 15.4. The summed E-state index contributed by atoms with van der Waals surface area (Å²) in [6.07, 6.45) is 2.22. The highest BCUT2D eigenvalue weighted by atomic mass is 16.2. The van der Waals surface area contributed by atoms with Crippen molar-refractivity contribution in [3.63, 3.8) is 0 Å². The Hall–Kier alpha value is -2.37. The summed E-state index contributed by atoms with van der Waals surface area (Å²) in [5.41, 5.74) is 2.87. The van der Waals surface area contributed by atoms with Crippen LogP contribution in [0.4, 0.5) is 0 Å². The third-order valence-electron chi connectivity index (χ3n) is 3.29. The van der Waals surface area contributed by atoms with Gasteiger partial charge >= 0.3 is 5.69 Å². The van der Waals surface area contributed by atoms with E-state index in [2.05, 4.69) is 10.3 Å². The van der Waals surface area contributed by atoms with Crippen molar-refractivity contribution in [2.45, 2.75) is 33.7 Å². The van der Waals surface area contributed by atoms with E-state index in [0.29, 0.717) is 19.5 Å². The Morgan fingerprint density at radius 3 is 2.81 bits per heavy atom. The molecule has 1 amide bonds. The lowest BCUT2D eigenvalue weighted by Crippen LogP contribution is -2.27. The number of carbonyl (C=O) groups is 1. The largest absolute Gasteiger partial charge is 0.364 e. The number of benzene rings is 1. The molecule has 112 valence electrons. The molecule has 0 aliphatic heterocycles. The van der Waals surface area contributed by atoms with Crippen LogP contribution in [0.3, 0.4) is 0 Å². The third-order valence-corrected chi connectivity index (χ3v) is 3.29. The zero-order valence-corrected chi connectivity index (χ0v) is 12.6. The highest BCUT2D eigenvalue weighted by Gasteiger charge is 2.09. The maximum Gasteiger partial charge on any atom is 0.364 e. The first-order chi connectivity index (χ1) is 9.99. The maximum atomic E-state index is 11.9. The summed E-state index contributed by atoms with van der Waals surface area (Å²) in [5.74, 6) is -0.0645. The molecule has 1 aromatic heterocycles. The molecule has 0 saturated heterocycles. The van der Waals surface area contributed by atoms with Gasteiger partial charge in [0.05, 0.1) is 5.69 Å². The summed E-state index contributed by atoms with van der Waals surface area (Å²) in [7, 11) is 0. The molecule has 1 N–H and O–H groups in total. The van der Waals surface area contributed by atoms with Gasteiger partial charge in [0.2, 0.25) is 5.91 Å². The Balaban J connectivity index is 2.23. The van der Waals surface area contributed by atoms with E-state index in [4.69, 9.17) is 0 Å². The monoisotopic (exact) mass is 288 g/mol. The van der Waals surface area contributed by atoms with Gasteiger partial charge in [0.15, 0.2) is 0 Å². The molecule has 2 rings (SSSR count). The van der Waals surface area contributed by atoms with Crippen LogP contribution in [0.15, 0.2) is 29.3 Å². The van der Waals surface area contributed by atoms with Crippen LogP contribution in [0.25, 0.3) is 5.69 Å². The predicted octanol–water partition coefficient (Wildman–Crippen LogP) is 1.18. The summed E-state index contributed by atoms with van der Waals surface area (Å²) < 4.78 is 3.36. The lowest BCUT2D eigenvalue weighted by atomic mass is 10.1. The summed E-state index contributed by atoms with van der Waals surface area (Å²) in [6, 6.07) is 6.09. The van der Waals surface area contributed by atoms with Gasteiger partial charge in [-0.3, -0.25) is 4.79 Å². The molecular weight excluding hydrogens is 268 g/mol. The van der Waals surface area contributed by atoms with Crippen LogP contribution in [-0.2, 0) is 11.3 Å². The second-order valence-electron chi connectivity index (χ2n) is 5.12. The first-order valence-corrected chi connectivity index (χ1v) is 6.95. The van der Waals surface area contributed by atoms with Gasteiger partial charge in [0.1, 0.15) is 6.33 Å². The van der Waals surface area contributed by atoms with Gasteiger partial charge in [0.25, 0.3) is 0 Å². The van der Waals surface area contributed by atoms with Crippen molar-refractivity contribution >= 4 is 5.91 Å². The fourth-order valence-electron chi connectivity index (χ4n) is 2.18. The van der Waals surface area contributed by atoms with Gasteiger partial charge < -0.3 is 5.32 Å². The average Bonchev–Trinajstić information content (AvgIpc) is 2.79. The summed E-state index contributed by atoms with van der Waals surface area (Å²) >= 11 is 0. The molecule has 0 saturated carbocycles. The first kappa shape index (κ1) is 15.0. The van der Waals surface area contributed by atoms with Crippen molar-refractivity contribution in [1.29, 1.82) is 0 Å². The minimum atomic E-state index is -0.279. The minimum Gasteiger partial charge on any atom is -0.356 e. The fraction of sp³-hybridized carbons (Fsp3) is 0.400. The number of aromatic nitrogens is 3. The molecule has 6 heteroatoms.